The van der Waals surface area contributed by atoms with E-state index in [1.54, 1.807) is 21.3 Å². The smallest absolute Gasteiger partial charge is 0.188 e. The molecule has 0 spiro atoms. The van der Waals surface area contributed by atoms with Gasteiger partial charge in [-0.05, 0) is 55.9 Å². The highest BCUT2D eigenvalue weighted by Gasteiger charge is 2.14. The van der Waals surface area contributed by atoms with Gasteiger partial charge >= 0.3 is 0 Å². The first-order valence-corrected chi connectivity index (χ1v) is 9.53. The Morgan fingerprint density at radius 2 is 1.69 bits per heavy atom. The lowest BCUT2D eigenvalue weighted by Crippen LogP contribution is -2.34. The molecule has 7 heteroatoms. The summed E-state index contributed by atoms with van der Waals surface area (Å²) in [5.74, 6) is 2.72. The molecule has 2 rings (SSSR count). The zero-order chi connectivity index (χ0) is 21.2. The molecule has 29 heavy (non-hydrogen) atoms. The van der Waals surface area contributed by atoms with E-state index in [1.807, 2.05) is 44.4 Å². The molecule has 0 aliphatic heterocycles. The molecule has 0 bridgehead atoms. The lowest BCUT2D eigenvalue weighted by atomic mass is 10.1. The highest BCUT2D eigenvalue weighted by molar-refractivity contribution is 5.77. The van der Waals surface area contributed by atoms with Crippen molar-refractivity contribution < 1.29 is 14.2 Å². The van der Waals surface area contributed by atoms with Crippen molar-refractivity contribution in [2.24, 2.45) is 10.7 Å². The molecule has 1 atom stereocenters. The number of ether oxygens (including phenoxy) is 3. The predicted octanol–water partition coefficient (Wildman–Crippen LogP) is 2.46. The maximum atomic E-state index is 6.07. The van der Waals surface area contributed by atoms with Crippen LogP contribution in [0.4, 0.5) is 0 Å². The van der Waals surface area contributed by atoms with Crippen LogP contribution in [0.3, 0.4) is 0 Å². The molecule has 7 nitrogen and oxygen atoms in total. The largest absolute Gasteiger partial charge is 0.497 e. The molecule has 0 aromatic heterocycles. The summed E-state index contributed by atoms with van der Waals surface area (Å²) in [7, 11) is 8.99. The normalized spacial score (nSPS) is 12.6. The number of nitrogens with one attached hydrogen (secondary N) is 1. The van der Waals surface area contributed by atoms with E-state index >= 15 is 0 Å². The first-order valence-electron chi connectivity index (χ1n) is 9.53. The van der Waals surface area contributed by atoms with Gasteiger partial charge in [0.2, 0.25) is 0 Å². The number of rotatable bonds is 10. The lowest BCUT2D eigenvalue weighted by Gasteiger charge is -2.23. The van der Waals surface area contributed by atoms with E-state index in [0.717, 1.165) is 34.8 Å². The number of likely N-dealkylation sites (N-methyl/N-ethyl adjacent to an activating group) is 1. The van der Waals surface area contributed by atoms with E-state index < -0.39 is 0 Å². The fraction of sp³-hybridized carbons (Fsp3) is 0.409. The monoisotopic (exact) mass is 400 g/mol. The van der Waals surface area contributed by atoms with Crippen molar-refractivity contribution in [1.29, 1.82) is 0 Å². The van der Waals surface area contributed by atoms with Gasteiger partial charge in [-0.2, -0.15) is 0 Å². The van der Waals surface area contributed by atoms with Crippen molar-refractivity contribution in [3.63, 3.8) is 0 Å². The maximum Gasteiger partial charge on any atom is 0.188 e. The Bertz CT molecular complexity index is 791. The summed E-state index contributed by atoms with van der Waals surface area (Å²) in [4.78, 5) is 6.65. The van der Waals surface area contributed by atoms with Crippen LogP contribution in [0.5, 0.6) is 17.2 Å². The lowest BCUT2D eigenvalue weighted by molar-refractivity contribution is 0.306. The Morgan fingerprint density at radius 1 is 1.00 bits per heavy atom. The van der Waals surface area contributed by atoms with Crippen molar-refractivity contribution in [3.8, 4) is 17.2 Å². The molecular formula is C22H32N4O3. The second kappa shape index (κ2) is 11.2. The first-order chi connectivity index (χ1) is 14.0. The second-order valence-corrected chi connectivity index (χ2v) is 6.84. The molecular weight excluding hydrogens is 368 g/mol. The molecule has 0 amide bonds. The van der Waals surface area contributed by atoms with Gasteiger partial charge in [-0.3, -0.25) is 4.99 Å². The van der Waals surface area contributed by atoms with Gasteiger partial charge in [-0.25, -0.2) is 0 Å². The van der Waals surface area contributed by atoms with Gasteiger partial charge in [0.25, 0.3) is 0 Å². The molecule has 0 aliphatic rings. The third-order valence-electron chi connectivity index (χ3n) is 4.73. The quantitative estimate of drug-likeness (QED) is 0.471. The molecule has 0 heterocycles. The van der Waals surface area contributed by atoms with Gasteiger partial charge in [-0.15, -0.1) is 0 Å². The number of aliphatic imine (C=N–C) groups is 1. The third-order valence-corrected chi connectivity index (χ3v) is 4.73. The molecule has 0 saturated heterocycles. The summed E-state index contributed by atoms with van der Waals surface area (Å²) >= 11 is 0. The van der Waals surface area contributed by atoms with Gasteiger partial charge < -0.3 is 30.2 Å². The Kier molecular flexibility index (Phi) is 8.61. The molecule has 2 aromatic carbocycles. The number of benzene rings is 2. The van der Waals surface area contributed by atoms with Crippen molar-refractivity contribution in [2.45, 2.75) is 12.5 Å². The van der Waals surface area contributed by atoms with Crippen LogP contribution in [0.25, 0.3) is 0 Å². The van der Waals surface area contributed by atoms with Crippen LogP contribution in [-0.4, -0.2) is 59.4 Å². The number of methoxy groups -OCH3 is 3. The average molecular weight is 401 g/mol. The molecule has 0 aliphatic carbocycles. The van der Waals surface area contributed by atoms with Crippen LogP contribution in [0.2, 0.25) is 0 Å². The van der Waals surface area contributed by atoms with E-state index in [1.165, 1.54) is 0 Å². The van der Waals surface area contributed by atoms with E-state index in [4.69, 9.17) is 19.9 Å². The van der Waals surface area contributed by atoms with Gasteiger partial charge in [0.05, 0.1) is 33.9 Å². The highest BCUT2D eigenvalue weighted by atomic mass is 16.5. The molecule has 158 valence electrons. The zero-order valence-electron chi connectivity index (χ0n) is 17.9. The van der Waals surface area contributed by atoms with Crippen LogP contribution < -0.4 is 25.3 Å². The molecule has 0 fully saturated rings. The maximum absolute atomic E-state index is 6.07. The Balaban J connectivity index is 1.91. The SMILES string of the molecule is COc1ccc(C(CN=C(N)NCCc2ccc(OC)c(OC)c2)N(C)C)cc1. The molecule has 2 aromatic rings. The molecule has 1 unspecified atom stereocenters. The Labute approximate surface area is 173 Å². The molecule has 0 saturated carbocycles. The van der Waals surface area contributed by atoms with Crippen LogP contribution in [0.1, 0.15) is 17.2 Å². The summed E-state index contributed by atoms with van der Waals surface area (Å²) in [5.41, 5.74) is 8.36. The van der Waals surface area contributed by atoms with Crippen LogP contribution >= 0.6 is 0 Å². The number of nitrogens with two attached hydrogens (primary N) is 1. The topological polar surface area (TPSA) is 81.3 Å². The van der Waals surface area contributed by atoms with Gasteiger partial charge in [0.15, 0.2) is 17.5 Å². The van der Waals surface area contributed by atoms with Gasteiger partial charge in [0.1, 0.15) is 5.75 Å². The van der Waals surface area contributed by atoms with E-state index in [9.17, 15) is 0 Å². The fourth-order valence-electron chi connectivity index (χ4n) is 3.00. The number of hydrogen-bond acceptors (Lipinski definition) is 5. The predicted molar refractivity (Wildman–Crippen MR) is 117 cm³/mol. The standard InChI is InChI=1S/C22H32N4O3/c1-26(2)19(17-7-9-18(27-3)10-8-17)15-25-22(23)24-13-12-16-6-11-20(28-4)21(14-16)29-5/h6-11,14,19H,12-13,15H2,1-5H3,(H3,23,24,25). The second-order valence-electron chi connectivity index (χ2n) is 6.84. The van der Waals surface area contributed by atoms with Gasteiger partial charge in [-0.1, -0.05) is 18.2 Å². The van der Waals surface area contributed by atoms with Crippen LogP contribution in [0.15, 0.2) is 47.5 Å². The van der Waals surface area contributed by atoms with E-state index in [0.29, 0.717) is 19.0 Å². The summed E-state index contributed by atoms with van der Waals surface area (Å²) in [5, 5.41) is 3.18. The summed E-state index contributed by atoms with van der Waals surface area (Å²) in [6.45, 7) is 1.24. The summed E-state index contributed by atoms with van der Waals surface area (Å²) < 4.78 is 15.8. The summed E-state index contributed by atoms with van der Waals surface area (Å²) in [6.07, 6.45) is 0.798. The van der Waals surface area contributed by atoms with Crippen molar-refractivity contribution in [1.82, 2.24) is 10.2 Å². The van der Waals surface area contributed by atoms with E-state index in [-0.39, 0.29) is 6.04 Å². The Hall–Kier alpha value is -2.93. The van der Waals surface area contributed by atoms with Gasteiger partial charge in [0, 0.05) is 6.54 Å². The Morgan fingerprint density at radius 3 is 2.28 bits per heavy atom. The molecule has 3 N–H and O–H groups in total. The average Bonchev–Trinajstić information content (AvgIpc) is 2.74. The third kappa shape index (κ3) is 6.57. The number of guanidine groups is 1. The molecule has 0 radical (unpaired) electrons. The summed E-state index contributed by atoms with van der Waals surface area (Å²) in [6, 6.07) is 14.1. The van der Waals surface area contributed by atoms with Crippen molar-refractivity contribution in [3.05, 3.63) is 53.6 Å². The van der Waals surface area contributed by atoms with Crippen molar-refractivity contribution in [2.75, 3.05) is 48.5 Å². The van der Waals surface area contributed by atoms with Crippen LogP contribution in [0, 0.1) is 0 Å². The minimum atomic E-state index is 0.132. The minimum Gasteiger partial charge on any atom is -0.497 e. The fourth-order valence-corrected chi connectivity index (χ4v) is 3.00. The number of nitrogens with zero attached hydrogens (tertiary/aromatic N) is 2. The number of hydrogen-bond donors (Lipinski definition) is 2. The van der Waals surface area contributed by atoms with E-state index in [2.05, 4.69) is 27.3 Å². The first kappa shape index (κ1) is 22.4. The zero-order valence-corrected chi connectivity index (χ0v) is 17.9. The van der Waals surface area contributed by atoms with Crippen molar-refractivity contribution >= 4 is 5.96 Å². The highest BCUT2D eigenvalue weighted by Crippen LogP contribution is 2.27. The minimum absolute atomic E-state index is 0.132. The van der Waals surface area contributed by atoms with Crippen LogP contribution in [-0.2, 0) is 6.42 Å².